The first kappa shape index (κ1) is 15.2. The number of rotatable bonds is 4. The number of non-ortho nitro benzene ring substituents is 1. The number of nitro groups is 1. The van der Waals surface area contributed by atoms with E-state index in [2.05, 4.69) is 0 Å². The van der Waals surface area contributed by atoms with Crippen molar-refractivity contribution in [2.75, 3.05) is 7.05 Å². The van der Waals surface area contributed by atoms with Crippen molar-refractivity contribution < 1.29 is 9.72 Å². The van der Waals surface area contributed by atoms with E-state index in [1.165, 1.54) is 17.0 Å². The molecule has 2 rings (SSSR count). The number of hydrogen-bond donors (Lipinski definition) is 0. The molecule has 21 heavy (non-hydrogen) atoms. The molecule has 1 heterocycles. The third-order valence-corrected chi connectivity index (χ3v) is 3.94. The fraction of sp³-hybridized carbons (Fsp3) is 0.467. The third-order valence-electron chi connectivity index (χ3n) is 3.94. The molecule has 0 unspecified atom stereocenters. The first-order chi connectivity index (χ1) is 9.89. The van der Waals surface area contributed by atoms with Crippen LogP contribution in [0.5, 0.6) is 0 Å². The zero-order valence-electron chi connectivity index (χ0n) is 12.5. The van der Waals surface area contributed by atoms with Crippen LogP contribution in [0.4, 0.5) is 5.69 Å². The van der Waals surface area contributed by atoms with Crippen LogP contribution in [0.1, 0.15) is 38.7 Å². The highest BCUT2D eigenvalue weighted by Crippen LogP contribution is 2.39. The molecular weight excluding hydrogens is 270 g/mol. The van der Waals surface area contributed by atoms with E-state index in [0.29, 0.717) is 12.3 Å². The predicted octanol–water partition coefficient (Wildman–Crippen LogP) is 2.87. The molecule has 6 nitrogen and oxygen atoms in total. The van der Waals surface area contributed by atoms with Gasteiger partial charge in [0.05, 0.1) is 16.9 Å². The maximum absolute atomic E-state index is 12.2. The van der Waals surface area contributed by atoms with Gasteiger partial charge in [0.2, 0.25) is 5.91 Å². The van der Waals surface area contributed by atoms with Crippen LogP contribution in [0.15, 0.2) is 29.3 Å². The Balaban J connectivity index is 2.55. The van der Waals surface area contributed by atoms with Gasteiger partial charge in [0.25, 0.3) is 5.69 Å². The van der Waals surface area contributed by atoms with Crippen molar-refractivity contribution in [3.05, 3.63) is 39.9 Å². The summed E-state index contributed by atoms with van der Waals surface area (Å²) in [5.41, 5.74) is 0.0793. The van der Waals surface area contributed by atoms with E-state index in [1.807, 2.05) is 13.0 Å². The van der Waals surface area contributed by atoms with E-state index in [4.69, 9.17) is 4.99 Å². The summed E-state index contributed by atoms with van der Waals surface area (Å²) in [5, 5.41) is 11.0. The Morgan fingerprint density at radius 3 is 2.76 bits per heavy atom. The van der Waals surface area contributed by atoms with Gasteiger partial charge in [-0.1, -0.05) is 25.5 Å². The molecule has 0 aliphatic carbocycles. The second-order valence-corrected chi connectivity index (χ2v) is 5.38. The molecule has 1 aliphatic rings. The standard InChI is InChI=1S/C15H19N3O3/c1-4-8-15(10-14(19)17(3)11(2)16-15)12-6-5-7-13(9-12)18(20)21/h5-7,9H,4,8,10H2,1-3H3/t15-/m0/s1. The monoisotopic (exact) mass is 289 g/mol. The number of amides is 1. The number of nitrogens with zero attached hydrogens (tertiary/aromatic N) is 3. The van der Waals surface area contributed by atoms with Crippen LogP contribution in [0.3, 0.4) is 0 Å². The van der Waals surface area contributed by atoms with Crippen molar-refractivity contribution in [2.24, 2.45) is 4.99 Å². The van der Waals surface area contributed by atoms with Crippen LogP contribution >= 0.6 is 0 Å². The summed E-state index contributed by atoms with van der Waals surface area (Å²) in [4.78, 5) is 29.0. The van der Waals surface area contributed by atoms with E-state index >= 15 is 0 Å². The first-order valence-electron chi connectivity index (χ1n) is 6.97. The number of carbonyl (C=O) groups excluding carboxylic acids is 1. The third kappa shape index (κ3) is 2.79. The number of benzene rings is 1. The normalized spacial score (nSPS) is 22.1. The topological polar surface area (TPSA) is 75.8 Å². The highest BCUT2D eigenvalue weighted by Gasteiger charge is 2.39. The summed E-state index contributed by atoms with van der Waals surface area (Å²) < 4.78 is 0. The van der Waals surface area contributed by atoms with Crippen molar-refractivity contribution in [1.82, 2.24) is 4.90 Å². The smallest absolute Gasteiger partial charge is 0.269 e. The van der Waals surface area contributed by atoms with Crippen molar-refractivity contribution in [1.29, 1.82) is 0 Å². The van der Waals surface area contributed by atoms with E-state index in [-0.39, 0.29) is 18.0 Å². The van der Waals surface area contributed by atoms with Gasteiger partial charge in [0.15, 0.2) is 0 Å². The minimum Gasteiger partial charge on any atom is -0.304 e. The lowest BCUT2D eigenvalue weighted by molar-refractivity contribution is -0.385. The Bertz CT molecular complexity index is 612. The molecule has 0 spiro atoms. The molecule has 0 aromatic heterocycles. The molecule has 0 saturated carbocycles. The Hall–Kier alpha value is -2.24. The molecule has 0 saturated heterocycles. The van der Waals surface area contributed by atoms with E-state index in [1.54, 1.807) is 20.0 Å². The lowest BCUT2D eigenvalue weighted by Crippen LogP contribution is -2.43. The minimum atomic E-state index is -0.686. The van der Waals surface area contributed by atoms with Crippen molar-refractivity contribution in [3.63, 3.8) is 0 Å². The molecule has 1 aromatic rings. The molecule has 1 aromatic carbocycles. The number of carbonyl (C=O) groups is 1. The average molecular weight is 289 g/mol. The number of aliphatic imine (C=N–C) groups is 1. The van der Waals surface area contributed by atoms with Gasteiger partial charge in [-0.05, 0) is 18.9 Å². The summed E-state index contributed by atoms with van der Waals surface area (Å²) in [6, 6.07) is 6.46. The van der Waals surface area contributed by atoms with Crippen LogP contribution < -0.4 is 0 Å². The second-order valence-electron chi connectivity index (χ2n) is 5.38. The van der Waals surface area contributed by atoms with Gasteiger partial charge in [0, 0.05) is 19.2 Å². The minimum absolute atomic E-state index is 0.0116. The van der Waals surface area contributed by atoms with Gasteiger partial charge < -0.3 is 4.90 Å². The Labute approximate surface area is 123 Å². The van der Waals surface area contributed by atoms with Gasteiger partial charge in [-0.3, -0.25) is 19.9 Å². The van der Waals surface area contributed by atoms with Crippen LogP contribution in [0.25, 0.3) is 0 Å². The highest BCUT2D eigenvalue weighted by atomic mass is 16.6. The number of amidine groups is 1. The summed E-state index contributed by atoms with van der Waals surface area (Å²) in [7, 11) is 1.70. The molecular formula is C15H19N3O3. The lowest BCUT2D eigenvalue weighted by Gasteiger charge is -2.37. The van der Waals surface area contributed by atoms with Gasteiger partial charge >= 0.3 is 0 Å². The summed E-state index contributed by atoms with van der Waals surface area (Å²) in [6.07, 6.45) is 1.78. The van der Waals surface area contributed by atoms with Gasteiger partial charge in [-0.15, -0.1) is 0 Å². The Morgan fingerprint density at radius 2 is 2.19 bits per heavy atom. The average Bonchev–Trinajstić information content (AvgIpc) is 2.45. The molecule has 6 heteroatoms. The number of nitro benzene ring substituents is 1. The van der Waals surface area contributed by atoms with Gasteiger partial charge in [-0.2, -0.15) is 0 Å². The predicted molar refractivity (Wildman–Crippen MR) is 80.2 cm³/mol. The zero-order chi connectivity index (χ0) is 15.6. The molecule has 0 N–H and O–H groups in total. The van der Waals surface area contributed by atoms with Crippen LogP contribution in [0.2, 0.25) is 0 Å². The first-order valence-corrected chi connectivity index (χ1v) is 6.97. The van der Waals surface area contributed by atoms with Gasteiger partial charge in [0.1, 0.15) is 5.84 Å². The van der Waals surface area contributed by atoms with Crippen LogP contribution in [-0.2, 0) is 10.3 Å². The van der Waals surface area contributed by atoms with Crippen LogP contribution in [-0.4, -0.2) is 28.6 Å². The number of hydrogen-bond acceptors (Lipinski definition) is 4. The molecule has 0 radical (unpaired) electrons. The second kappa shape index (κ2) is 5.63. The van der Waals surface area contributed by atoms with Crippen LogP contribution in [0, 0.1) is 10.1 Å². The van der Waals surface area contributed by atoms with E-state index in [9.17, 15) is 14.9 Å². The molecule has 0 bridgehead atoms. The quantitative estimate of drug-likeness (QED) is 0.631. The van der Waals surface area contributed by atoms with Gasteiger partial charge in [-0.25, -0.2) is 0 Å². The lowest BCUT2D eigenvalue weighted by atomic mass is 9.81. The zero-order valence-corrected chi connectivity index (χ0v) is 12.5. The Kier molecular flexibility index (Phi) is 4.06. The molecule has 1 aliphatic heterocycles. The van der Waals surface area contributed by atoms with E-state index < -0.39 is 10.5 Å². The molecule has 1 amide bonds. The highest BCUT2D eigenvalue weighted by molar-refractivity contribution is 5.99. The van der Waals surface area contributed by atoms with Crippen molar-refractivity contribution in [3.8, 4) is 0 Å². The largest absolute Gasteiger partial charge is 0.304 e. The Morgan fingerprint density at radius 1 is 1.48 bits per heavy atom. The summed E-state index contributed by atoms with van der Waals surface area (Å²) >= 11 is 0. The maximum atomic E-state index is 12.2. The fourth-order valence-electron chi connectivity index (χ4n) is 2.75. The molecule has 1 atom stereocenters. The van der Waals surface area contributed by atoms with Crippen molar-refractivity contribution in [2.45, 2.75) is 38.6 Å². The molecule has 112 valence electrons. The van der Waals surface area contributed by atoms with Crippen molar-refractivity contribution >= 4 is 17.4 Å². The molecule has 0 fully saturated rings. The summed E-state index contributed by atoms with van der Waals surface area (Å²) in [5.74, 6) is 0.633. The fourth-order valence-corrected chi connectivity index (χ4v) is 2.75. The summed E-state index contributed by atoms with van der Waals surface area (Å²) in [6.45, 7) is 3.81. The van der Waals surface area contributed by atoms with E-state index in [0.717, 1.165) is 12.0 Å². The SMILES string of the molecule is CCC[C@@]1(c2cccc([N+](=O)[O-])c2)CC(=O)N(C)C(C)=N1. The maximum Gasteiger partial charge on any atom is 0.269 e.